The third kappa shape index (κ3) is 4.56. The maximum atomic E-state index is 14.3. The van der Waals surface area contributed by atoms with E-state index < -0.39 is 28.1 Å². The first-order valence-corrected chi connectivity index (χ1v) is 9.24. The molecule has 2 rings (SSSR count). The summed E-state index contributed by atoms with van der Waals surface area (Å²) in [7, 11) is 0. The maximum Gasteiger partial charge on any atom is 0.216 e. The molecule has 2 atom stereocenters. The number of pyridine rings is 1. The molecule has 1 N–H and O–H groups in total. The largest absolute Gasteiger partial charge is 0.598 e. The molecule has 0 bridgehead atoms. The Balaban J connectivity index is 2.41. The predicted molar refractivity (Wildman–Crippen MR) is 97.6 cm³/mol. The van der Waals surface area contributed by atoms with Crippen molar-refractivity contribution < 1.29 is 8.94 Å². The molecule has 0 amide bonds. The summed E-state index contributed by atoms with van der Waals surface area (Å²) >= 11 is -1.30. The van der Waals surface area contributed by atoms with E-state index in [1.54, 1.807) is 6.07 Å². The average Bonchev–Trinajstić information content (AvgIpc) is 2.51. The Bertz CT molecular complexity index is 671. The summed E-state index contributed by atoms with van der Waals surface area (Å²) in [5.74, 6) is -0.398. The second-order valence-corrected chi connectivity index (χ2v) is 9.11. The minimum absolute atomic E-state index is 0.0680. The topological polar surface area (TPSA) is 48.0 Å². The fourth-order valence-corrected chi connectivity index (χ4v) is 3.10. The quantitative estimate of drug-likeness (QED) is 0.640. The smallest absolute Gasteiger partial charge is 0.216 e. The van der Waals surface area contributed by atoms with E-state index in [0.717, 1.165) is 5.56 Å². The lowest BCUT2D eigenvalue weighted by Crippen LogP contribution is -2.41. The standard InChI is InChI=1S/C19H25FN2OS/c1-13(2)15-11-12-16(21-18(15)20)17(14-9-7-6-8-10-14)22-24(23)19(3,4)5/h6-13,17,22H,1-5H3/t17-,24+/m0/s1. The fraction of sp³-hybridized carbons (Fsp3) is 0.421. The molecule has 1 aromatic heterocycles. The first-order valence-electron chi connectivity index (χ1n) is 8.09. The first-order chi connectivity index (χ1) is 11.2. The van der Waals surface area contributed by atoms with Gasteiger partial charge in [0.1, 0.15) is 10.8 Å². The van der Waals surface area contributed by atoms with Crippen LogP contribution in [0.1, 0.15) is 63.4 Å². The van der Waals surface area contributed by atoms with E-state index in [2.05, 4.69) is 9.71 Å². The lowest BCUT2D eigenvalue weighted by molar-refractivity contribution is 0.523. The molecule has 1 heterocycles. The van der Waals surface area contributed by atoms with Gasteiger partial charge >= 0.3 is 0 Å². The molecule has 0 fully saturated rings. The average molecular weight is 348 g/mol. The second-order valence-electron chi connectivity index (χ2n) is 7.11. The first kappa shape index (κ1) is 18.9. The van der Waals surface area contributed by atoms with Gasteiger partial charge in [-0.2, -0.15) is 4.39 Å². The van der Waals surface area contributed by atoms with Gasteiger partial charge in [0.05, 0.1) is 5.69 Å². The van der Waals surface area contributed by atoms with Crippen molar-refractivity contribution in [3.05, 3.63) is 65.2 Å². The molecule has 0 saturated heterocycles. The molecule has 3 nitrogen and oxygen atoms in total. The maximum absolute atomic E-state index is 14.3. The lowest BCUT2D eigenvalue weighted by atomic mass is 10.0. The van der Waals surface area contributed by atoms with Crippen molar-refractivity contribution in [2.24, 2.45) is 0 Å². The zero-order valence-corrected chi connectivity index (χ0v) is 15.7. The molecule has 5 heteroatoms. The van der Waals surface area contributed by atoms with Crippen LogP contribution in [0, 0.1) is 5.95 Å². The highest BCUT2D eigenvalue weighted by molar-refractivity contribution is 7.90. The molecule has 0 aliphatic carbocycles. The number of hydrogen-bond donors (Lipinski definition) is 1. The Kier molecular flexibility index (Phi) is 6.01. The summed E-state index contributed by atoms with van der Waals surface area (Å²) in [5, 5.41) is 0. The summed E-state index contributed by atoms with van der Waals surface area (Å²) in [6, 6.07) is 12.7. The zero-order chi connectivity index (χ0) is 17.9. The van der Waals surface area contributed by atoms with Crippen LogP contribution < -0.4 is 4.72 Å². The Labute approximate surface area is 147 Å². The highest BCUT2D eigenvalue weighted by atomic mass is 32.2. The van der Waals surface area contributed by atoms with Crippen LogP contribution in [0.5, 0.6) is 0 Å². The highest BCUT2D eigenvalue weighted by Gasteiger charge is 2.31. The van der Waals surface area contributed by atoms with E-state index in [1.807, 2.05) is 71.0 Å². The Morgan fingerprint density at radius 3 is 2.21 bits per heavy atom. The van der Waals surface area contributed by atoms with Gasteiger partial charge in [-0.1, -0.05) is 50.2 Å². The van der Waals surface area contributed by atoms with Gasteiger partial charge in [-0.3, -0.25) is 0 Å². The van der Waals surface area contributed by atoms with Gasteiger partial charge in [0.15, 0.2) is 0 Å². The van der Waals surface area contributed by atoms with Crippen molar-refractivity contribution in [1.29, 1.82) is 0 Å². The van der Waals surface area contributed by atoms with Crippen molar-refractivity contribution in [3.8, 4) is 0 Å². The van der Waals surface area contributed by atoms with Crippen LogP contribution in [0.4, 0.5) is 4.39 Å². The van der Waals surface area contributed by atoms with E-state index in [0.29, 0.717) is 11.3 Å². The van der Waals surface area contributed by atoms with Gasteiger partial charge < -0.3 is 4.55 Å². The molecule has 24 heavy (non-hydrogen) atoms. The summed E-state index contributed by atoms with van der Waals surface area (Å²) in [5.41, 5.74) is 2.02. The molecular weight excluding hydrogens is 323 g/mol. The number of benzene rings is 1. The predicted octanol–water partition coefficient (Wildman–Crippen LogP) is 4.49. The minimum atomic E-state index is -1.30. The molecule has 0 unspecified atom stereocenters. The molecule has 130 valence electrons. The van der Waals surface area contributed by atoms with Crippen LogP contribution in [0.15, 0.2) is 42.5 Å². The summed E-state index contributed by atoms with van der Waals surface area (Å²) in [4.78, 5) is 4.14. The second kappa shape index (κ2) is 7.64. The third-order valence-electron chi connectivity index (χ3n) is 3.73. The van der Waals surface area contributed by atoms with Crippen molar-refractivity contribution >= 4 is 11.4 Å². The number of nitrogens with one attached hydrogen (secondary N) is 1. The van der Waals surface area contributed by atoms with Gasteiger partial charge in [-0.25, -0.2) is 4.98 Å². The van der Waals surface area contributed by atoms with E-state index in [-0.39, 0.29) is 5.92 Å². The molecular formula is C19H25FN2OS. The third-order valence-corrected chi connectivity index (χ3v) is 5.29. The number of halogens is 1. The molecule has 0 saturated carbocycles. The van der Waals surface area contributed by atoms with Crippen LogP contribution in [-0.4, -0.2) is 14.3 Å². The highest BCUT2D eigenvalue weighted by Crippen LogP contribution is 2.26. The summed E-state index contributed by atoms with van der Waals surface area (Å²) in [6.07, 6.45) is 0. The van der Waals surface area contributed by atoms with Gasteiger partial charge in [0, 0.05) is 16.9 Å². The van der Waals surface area contributed by atoms with Crippen molar-refractivity contribution in [1.82, 2.24) is 9.71 Å². The van der Waals surface area contributed by atoms with E-state index in [4.69, 9.17) is 0 Å². The molecule has 0 aliphatic rings. The summed E-state index contributed by atoms with van der Waals surface area (Å²) in [6.45, 7) is 9.55. The van der Waals surface area contributed by atoms with E-state index >= 15 is 0 Å². The van der Waals surface area contributed by atoms with Crippen LogP contribution in [-0.2, 0) is 11.4 Å². The molecule has 1 aromatic carbocycles. The van der Waals surface area contributed by atoms with Gasteiger partial charge in [0.25, 0.3) is 0 Å². The molecule has 0 radical (unpaired) electrons. The molecule has 0 aliphatic heterocycles. The van der Waals surface area contributed by atoms with Crippen molar-refractivity contribution in [3.63, 3.8) is 0 Å². The number of nitrogens with zero attached hydrogens (tertiary/aromatic N) is 1. The van der Waals surface area contributed by atoms with Crippen LogP contribution in [0.2, 0.25) is 0 Å². The van der Waals surface area contributed by atoms with Crippen molar-refractivity contribution in [2.45, 2.75) is 51.3 Å². The monoisotopic (exact) mass is 348 g/mol. The SMILES string of the molecule is CC(C)c1ccc([C@@H](N[S@+]([O-])C(C)(C)C)c2ccccc2)nc1F. The summed E-state index contributed by atoms with van der Waals surface area (Å²) < 4.78 is 29.6. The molecule has 2 aromatic rings. The van der Waals surface area contributed by atoms with Gasteiger partial charge in [0.2, 0.25) is 5.95 Å². The van der Waals surface area contributed by atoms with Crippen LogP contribution >= 0.6 is 0 Å². The number of aromatic nitrogens is 1. The van der Waals surface area contributed by atoms with Gasteiger partial charge in [-0.15, -0.1) is 4.72 Å². The Morgan fingerprint density at radius 1 is 1.08 bits per heavy atom. The normalized spacial score (nSPS) is 14.7. The van der Waals surface area contributed by atoms with E-state index in [1.165, 1.54) is 0 Å². The Hall–Kier alpha value is -1.43. The minimum Gasteiger partial charge on any atom is -0.598 e. The van der Waals surface area contributed by atoms with Gasteiger partial charge in [-0.05, 0) is 38.3 Å². The van der Waals surface area contributed by atoms with Crippen LogP contribution in [0.3, 0.4) is 0 Å². The van der Waals surface area contributed by atoms with Crippen LogP contribution in [0.25, 0.3) is 0 Å². The number of hydrogen-bond acceptors (Lipinski definition) is 3. The fourth-order valence-electron chi connectivity index (χ4n) is 2.28. The van der Waals surface area contributed by atoms with E-state index in [9.17, 15) is 8.94 Å². The Morgan fingerprint density at radius 2 is 1.71 bits per heavy atom. The van der Waals surface area contributed by atoms with Crippen molar-refractivity contribution in [2.75, 3.05) is 0 Å². The molecule has 0 spiro atoms. The zero-order valence-electron chi connectivity index (χ0n) is 14.8. The number of rotatable bonds is 5. The lowest BCUT2D eigenvalue weighted by Gasteiger charge is -2.28.